The summed E-state index contributed by atoms with van der Waals surface area (Å²) < 4.78 is 0. The smallest absolute Gasteiger partial charge is 0.251 e. The van der Waals surface area contributed by atoms with Gasteiger partial charge in [0.2, 0.25) is 0 Å². The highest BCUT2D eigenvalue weighted by molar-refractivity contribution is 5.94. The van der Waals surface area contributed by atoms with E-state index in [1.54, 1.807) is 0 Å². The Morgan fingerprint density at radius 1 is 0.838 bits per heavy atom. The van der Waals surface area contributed by atoms with Gasteiger partial charge in [-0.05, 0) is 74.4 Å². The molecular formula is C31H43ClN4O. The van der Waals surface area contributed by atoms with Gasteiger partial charge in [0.15, 0.2) is 0 Å². The van der Waals surface area contributed by atoms with E-state index in [2.05, 4.69) is 34.9 Å². The lowest BCUT2D eigenvalue weighted by molar-refractivity contribution is 0.0953. The van der Waals surface area contributed by atoms with Crippen molar-refractivity contribution in [3.8, 4) is 0 Å². The third-order valence-corrected chi connectivity index (χ3v) is 7.26. The van der Waals surface area contributed by atoms with E-state index in [4.69, 9.17) is 4.98 Å². The van der Waals surface area contributed by atoms with Crippen LogP contribution >= 0.6 is 12.4 Å². The molecule has 0 saturated carbocycles. The van der Waals surface area contributed by atoms with Crippen molar-refractivity contribution < 1.29 is 4.79 Å². The second-order valence-electron chi connectivity index (χ2n) is 10.2. The summed E-state index contributed by atoms with van der Waals surface area (Å²) in [5.74, 6) is 0.0241. The van der Waals surface area contributed by atoms with E-state index < -0.39 is 0 Å². The molecule has 3 aromatic rings. The molecule has 1 aliphatic carbocycles. The number of rotatable bonds is 13. The van der Waals surface area contributed by atoms with Crippen molar-refractivity contribution >= 4 is 40.6 Å². The summed E-state index contributed by atoms with van der Waals surface area (Å²) in [5.41, 5.74) is 7.06. The third-order valence-electron chi connectivity index (χ3n) is 7.26. The summed E-state index contributed by atoms with van der Waals surface area (Å²) >= 11 is 0. The predicted octanol–water partition coefficient (Wildman–Crippen LogP) is 7.17. The second kappa shape index (κ2) is 14.8. The first-order chi connectivity index (χ1) is 17.6. The standard InChI is InChI=1S/C31H42N4O.ClH/c1-35(2)25-20-18-24(19-21-25)31(36)33-23-13-7-5-3-4-6-12-22-32-30-26-14-8-10-16-28(26)34-29-17-11-9-15-27(29)30;/h8,10,14,16,18-21H,3-7,9,11-13,15,17,22-23H2,1-2H3,(H,32,34)(H,33,36);1H. The highest BCUT2D eigenvalue weighted by Gasteiger charge is 2.17. The number of hydrogen-bond donors (Lipinski definition) is 2. The molecule has 4 rings (SSSR count). The second-order valence-corrected chi connectivity index (χ2v) is 10.2. The van der Waals surface area contributed by atoms with Crippen LogP contribution in [0, 0.1) is 0 Å². The van der Waals surface area contributed by atoms with E-state index in [9.17, 15) is 4.79 Å². The molecule has 0 saturated heterocycles. The first-order valence-electron chi connectivity index (χ1n) is 13.8. The van der Waals surface area contributed by atoms with Crippen LogP contribution in [-0.4, -0.2) is 38.1 Å². The fourth-order valence-electron chi connectivity index (χ4n) is 5.14. The quantitative estimate of drug-likeness (QED) is 0.233. The molecule has 37 heavy (non-hydrogen) atoms. The summed E-state index contributed by atoms with van der Waals surface area (Å²) in [5, 5.41) is 8.11. The van der Waals surface area contributed by atoms with Gasteiger partial charge in [0.1, 0.15) is 0 Å². The lowest BCUT2D eigenvalue weighted by Gasteiger charge is -2.21. The number of benzene rings is 2. The van der Waals surface area contributed by atoms with Crippen LogP contribution in [0.5, 0.6) is 0 Å². The third kappa shape index (κ3) is 8.10. The minimum absolute atomic E-state index is 0. The van der Waals surface area contributed by atoms with E-state index >= 15 is 0 Å². The van der Waals surface area contributed by atoms with Crippen LogP contribution in [0.2, 0.25) is 0 Å². The number of fused-ring (bicyclic) bond motifs is 2. The van der Waals surface area contributed by atoms with Gasteiger partial charge < -0.3 is 15.5 Å². The minimum atomic E-state index is 0. The number of nitrogens with zero attached hydrogens (tertiary/aromatic N) is 2. The molecule has 1 amide bonds. The van der Waals surface area contributed by atoms with E-state index in [0.29, 0.717) is 0 Å². The molecule has 2 N–H and O–H groups in total. The Bertz CT molecular complexity index is 1130. The van der Waals surface area contributed by atoms with Gasteiger partial charge in [0.05, 0.1) is 5.52 Å². The van der Waals surface area contributed by atoms with E-state index in [0.717, 1.165) is 49.1 Å². The molecule has 2 aromatic carbocycles. The van der Waals surface area contributed by atoms with Crippen molar-refractivity contribution in [1.29, 1.82) is 0 Å². The Kier molecular flexibility index (Phi) is 11.5. The van der Waals surface area contributed by atoms with Crippen LogP contribution in [0.3, 0.4) is 0 Å². The van der Waals surface area contributed by atoms with Gasteiger partial charge in [-0.15, -0.1) is 12.4 Å². The summed E-state index contributed by atoms with van der Waals surface area (Å²) in [6, 6.07) is 16.3. The van der Waals surface area contributed by atoms with E-state index in [1.165, 1.54) is 73.7 Å². The summed E-state index contributed by atoms with van der Waals surface area (Å²) in [6.45, 7) is 1.78. The molecule has 0 aliphatic heterocycles. The summed E-state index contributed by atoms with van der Waals surface area (Å²) in [7, 11) is 4.00. The lowest BCUT2D eigenvalue weighted by Crippen LogP contribution is -2.24. The molecule has 1 aromatic heterocycles. The van der Waals surface area contributed by atoms with Gasteiger partial charge in [-0.3, -0.25) is 9.78 Å². The zero-order valence-corrected chi connectivity index (χ0v) is 23.3. The SMILES string of the molecule is CN(C)c1ccc(C(=O)NCCCCCCCCCNc2c3c(nc4ccccc24)CCCC3)cc1.Cl. The maximum atomic E-state index is 12.3. The average Bonchev–Trinajstić information content (AvgIpc) is 2.91. The van der Waals surface area contributed by atoms with Crippen LogP contribution in [-0.2, 0) is 12.8 Å². The fraction of sp³-hybridized carbons (Fsp3) is 0.484. The van der Waals surface area contributed by atoms with Crippen LogP contribution < -0.4 is 15.5 Å². The normalized spacial score (nSPS) is 12.5. The number of aromatic nitrogens is 1. The molecule has 0 spiro atoms. The first-order valence-corrected chi connectivity index (χ1v) is 13.8. The van der Waals surface area contributed by atoms with Gasteiger partial charge in [0, 0.05) is 55.2 Å². The Morgan fingerprint density at radius 2 is 1.49 bits per heavy atom. The Balaban J connectivity index is 0.00000380. The Labute approximate surface area is 228 Å². The van der Waals surface area contributed by atoms with E-state index in [1.807, 2.05) is 43.3 Å². The van der Waals surface area contributed by atoms with Crippen molar-refractivity contribution in [3.05, 3.63) is 65.4 Å². The molecule has 5 nitrogen and oxygen atoms in total. The highest BCUT2D eigenvalue weighted by atomic mass is 35.5. The van der Waals surface area contributed by atoms with Gasteiger partial charge in [0.25, 0.3) is 5.91 Å². The number of amides is 1. The molecule has 6 heteroatoms. The number of carbonyl (C=O) groups is 1. The topological polar surface area (TPSA) is 57.3 Å². The average molecular weight is 523 g/mol. The lowest BCUT2D eigenvalue weighted by atomic mass is 9.92. The first kappa shape index (κ1) is 28.8. The van der Waals surface area contributed by atoms with Crippen molar-refractivity contribution in [2.45, 2.75) is 70.6 Å². The zero-order valence-electron chi connectivity index (χ0n) is 22.5. The van der Waals surface area contributed by atoms with Gasteiger partial charge in [-0.1, -0.05) is 50.3 Å². The molecule has 0 bridgehead atoms. The van der Waals surface area contributed by atoms with Crippen LogP contribution in [0.4, 0.5) is 11.4 Å². The van der Waals surface area contributed by atoms with Crippen LogP contribution in [0.15, 0.2) is 48.5 Å². The minimum Gasteiger partial charge on any atom is -0.384 e. The Hall–Kier alpha value is -2.79. The zero-order chi connectivity index (χ0) is 25.2. The van der Waals surface area contributed by atoms with Gasteiger partial charge in [-0.2, -0.15) is 0 Å². The van der Waals surface area contributed by atoms with Crippen molar-refractivity contribution in [2.24, 2.45) is 0 Å². The van der Waals surface area contributed by atoms with E-state index in [-0.39, 0.29) is 18.3 Å². The summed E-state index contributed by atoms with van der Waals surface area (Å²) in [4.78, 5) is 19.3. The summed E-state index contributed by atoms with van der Waals surface area (Å²) in [6.07, 6.45) is 13.3. The molecule has 1 heterocycles. The highest BCUT2D eigenvalue weighted by Crippen LogP contribution is 2.33. The fourth-order valence-corrected chi connectivity index (χ4v) is 5.14. The number of para-hydroxylation sites is 1. The predicted molar refractivity (Wildman–Crippen MR) is 160 cm³/mol. The largest absolute Gasteiger partial charge is 0.384 e. The molecule has 1 aliphatic rings. The number of pyridine rings is 1. The molecule has 0 fully saturated rings. The molecular weight excluding hydrogens is 480 g/mol. The Morgan fingerprint density at radius 3 is 2.22 bits per heavy atom. The monoisotopic (exact) mass is 522 g/mol. The molecule has 0 radical (unpaired) electrons. The number of carbonyl (C=O) groups excluding carboxylic acids is 1. The maximum absolute atomic E-state index is 12.3. The number of unbranched alkanes of at least 4 members (excludes halogenated alkanes) is 6. The van der Waals surface area contributed by atoms with Crippen molar-refractivity contribution in [2.75, 3.05) is 37.4 Å². The molecule has 0 unspecified atom stereocenters. The maximum Gasteiger partial charge on any atom is 0.251 e. The van der Waals surface area contributed by atoms with Gasteiger partial charge >= 0.3 is 0 Å². The number of halogens is 1. The number of anilines is 2. The van der Waals surface area contributed by atoms with Gasteiger partial charge in [-0.25, -0.2) is 0 Å². The molecule has 0 atom stereocenters. The van der Waals surface area contributed by atoms with Crippen molar-refractivity contribution in [1.82, 2.24) is 10.3 Å². The van der Waals surface area contributed by atoms with Crippen molar-refractivity contribution in [3.63, 3.8) is 0 Å². The number of hydrogen-bond acceptors (Lipinski definition) is 4. The van der Waals surface area contributed by atoms with Crippen LogP contribution in [0.25, 0.3) is 10.9 Å². The number of nitrogens with one attached hydrogen (secondary N) is 2. The number of aryl methyl sites for hydroxylation is 1. The van der Waals surface area contributed by atoms with Crippen LogP contribution in [0.1, 0.15) is 79.4 Å². The molecule has 200 valence electrons.